The van der Waals surface area contributed by atoms with Crippen molar-refractivity contribution in [1.82, 2.24) is 10.6 Å². The molecule has 0 radical (unpaired) electrons. The normalized spacial score (nSPS) is 16.6. The molecule has 4 N–H and O–H groups in total. The second-order valence-corrected chi connectivity index (χ2v) is 4.33. The zero-order valence-electron chi connectivity index (χ0n) is 9.79. The first-order chi connectivity index (χ1) is 7.63. The van der Waals surface area contributed by atoms with Gasteiger partial charge in [0.05, 0.1) is 6.54 Å². The van der Waals surface area contributed by atoms with Crippen molar-refractivity contribution < 1.29 is 9.59 Å². The van der Waals surface area contributed by atoms with E-state index in [1.54, 1.807) is 0 Å². The van der Waals surface area contributed by atoms with E-state index in [0.29, 0.717) is 18.9 Å². The summed E-state index contributed by atoms with van der Waals surface area (Å²) < 4.78 is 0. The number of carbonyl (C=O) groups is 2. The van der Waals surface area contributed by atoms with E-state index in [4.69, 9.17) is 5.73 Å². The number of rotatable bonds is 7. The third-order valence-corrected chi connectivity index (χ3v) is 2.67. The molecule has 0 aliphatic heterocycles. The molecule has 16 heavy (non-hydrogen) atoms. The first-order valence-corrected chi connectivity index (χ1v) is 5.92. The van der Waals surface area contributed by atoms with E-state index < -0.39 is 0 Å². The van der Waals surface area contributed by atoms with E-state index in [9.17, 15) is 9.59 Å². The fourth-order valence-corrected chi connectivity index (χ4v) is 1.48. The van der Waals surface area contributed by atoms with E-state index in [1.165, 1.54) is 0 Å². The summed E-state index contributed by atoms with van der Waals surface area (Å²) in [6.45, 7) is 2.68. The molecule has 5 nitrogen and oxygen atoms in total. The van der Waals surface area contributed by atoms with Crippen molar-refractivity contribution in [3.05, 3.63) is 0 Å². The summed E-state index contributed by atoms with van der Waals surface area (Å²) in [7, 11) is 0. The number of nitrogens with one attached hydrogen (secondary N) is 2. The summed E-state index contributed by atoms with van der Waals surface area (Å²) in [5.41, 5.74) is 5.81. The van der Waals surface area contributed by atoms with E-state index in [0.717, 1.165) is 19.3 Å². The maximum absolute atomic E-state index is 11.4. The molecule has 1 rings (SSSR count). The fraction of sp³-hybridized carbons (Fsp3) is 0.818. The lowest BCUT2D eigenvalue weighted by atomic mass is 10.1. The molecule has 1 aliphatic carbocycles. The first kappa shape index (κ1) is 13.0. The predicted molar refractivity (Wildman–Crippen MR) is 61.6 cm³/mol. The minimum absolute atomic E-state index is 0.0429. The Labute approximate surface area is 96.1 Å². The van der Waals surface area contributed by atoms with Crippen molar-refractivity contribution in [2.75, 3.05) is 13.1 Å². The monoisotopic (exact) mass is 227 g/mol. The third kappa shape index (κ3) is 5.11. The Morgan fingerprint density at radius 2 is 2.00 bits per heavy atom. The SMILES string of the molecule is CCCNC(=O)CNC(=O)CC(N)C1CC1. The minimum atomic E-state index is -0.143. The average Bonchev–Trinajstić information content (AvgIpc) is 3.07. The number of carbonyl (C=O) groups excluding carboxylic acids is 2. The third-order valence-electron chi connectivity index (χ3n) is 2.67. The number of hydrogen-bond donors (Lipinski definition) is 3. The van der Waals surface area contributed by atoms with Gasteiger partial charge in [-0.3, -0.25) is 9.59 Å². The molecule has 1 aliphatic rings. The Kier molecular flexibility index (Phi) is 5.25. The molecule has 1 fully saturated rings. The number of amides is 2. The van der Waals surface area contributed by atoms with Crippen LogP contribution >= 0.6 is 0 Å². The molecule has 0 aromatic carbocycles. The van der Waals surface area contributed by atoms with Crippen LogP contribution in [-0.2, 0) is 9.59 Å². The summed E-state index contributed by atoms with van der Waals surface area (Å²) in [6, 6.07) is -0.0429. The largest absolute Gasteiger partial charge is 0.355 e. The molecule has 0 bridgehead atoms. The number of nitrogens with two attached hydrogens (primary N) is 1. The van der Waals surface area contributed by atoms with Crippen LogP contribution in [-0.4, -0.2) is 30.9 Å². The van der Waals surface area contributed by atoms with Gasteiger partial charge in [-0.1, -0.05) is 6.92 Å². The van der Waals surface area contributed by atoms with E-state index >= 15 is 0 Å². The molecular formula is C11H21N3O2. The standard InChI is InChI=1S/C11H21N3O2/c1-2-5-13-11(16)7-14-10(15)6-9(12)8-3-4-8/h8-9H,2-7,12H2,1H3,(H,13,16)(H,14,15). The van der Waals surface area contributed by atoms with E-state index in [2.05, 4.69) is 10.6 Å². The number of hydrogen-bond acceptors (Lipinski definition) is 3. The highest BCUT2D eigenvalue weighted by molar-refractivity contribution is 5.84. The average molecular weight is 227 g/mol. The van der Waals surface area contributed by atoms with Crippen LogP contribution in [0.1, 0.15) is 32.6 Å². The van der Waals surface area contributed by atoms with Gasteiger partial charge in [-0.25, -0.2) is 0 Å². The lowest BCUT2D eigenvalue weighted by Gasteiger charge is -2.10. The second kappa shape index (κ2) is 6.48. The van der Waals surface area contributed by atoms with Gasteiger partial charge in [0.2, 0.25) is 11.8 Å². The summed E-state index contributed by atoms with van der Waals surface area (Å²) in [6.07, 6.45) is 3.48. The van der Waals surface area contributed by atoms with Crippen LogP contribution in [0, 0.1) is 5.92 Å². The smallest absolute Gasteiger partial charge is 0.239 e. The zero-order chi connectivity index (χ0) is 12.0. The summed E-state index contributed by atoms with van der Waals surface area (Å²) >= 11 is 0. The zero-order valence-corrected chi connectivity index (χ0v) is 9.79. The Morgan fingerprint density at radius 1 is 1.31 bits per heavy atom. The molecule has 2 amide bonds. The molecule has 92 valence electrons. The van der Waals surface area contributed by atoms with Crippen molar-refractivity contribution in [2.45, 2.75) is 38.6 Å². The highest BCUT2D eigenvalue weighted by atomic mass is 16.2. The lowest BCUT2D eigenvalue weighted by molar-refractivity contribution is -0.126. The Balaban J connectivity index is 2.06. The van der Waals surface area contributed by atoms with E-state index in [1.807, 2.05) is 6.92 Å². The molecule has 0 spiro atoms. The Bertz CT molecular complexity index is 252. The van der Waals surface area contributed by atoms with Crippen molar-refractivity contribution in [2.24, 2.45) is 11.7 Å². The van der Waals surface area contributed by atoms with Crippen LogP contribution in [0.5, 0.6) is 0 Å². The van der Waals surface area contributed by atoms with Gasteiger partial charge < -0.3 is 16.4 Å². The van der Waals surface area contributed by atoms with Crippen molar-refractivity contribution in [3.8, 4) is 0 Å². The topological polar surface area (TPSA) is 84.2 Å². The van der Waals surface area contributed by atoms with E-state index in [-0.39, 0.29) is 24.4 Å². The molecule has 0 saturated heterocycles. The van der Waals surface area contributed by atoms with Gasteiger partial charge in [0.15, 0.2) is 0 Å². The van der Waals surface area contributed by atoms with Gasteiger partial charge in [-0.05, 0) is 25.2 Å². The molecule has 0 aromatic rings. The van der Waals surface area contributed by atoms with Crippen molar-refractivity contribution in [1.29, 1.82) is 0 Å². The van der Waals surface area contributed by atoms with Crippen molar-refractivity contribution >= 4 is 11.8 Å². The highest BCUT2D eigenvalue weighted by Crippen LogP contribution is 2.32. The van der Waals surface area contributed by atoms with Gasteiger partial charge in [0.1, 0.15) is 0 Å². The Morgan fingerprint density at radius 3 is 2.56 bits per heavy atom. The van der Waals surface area contributed by atoms with Crippen molar-refractivity contribution in [3.63, 3.8) is 0 Å². The molecule has 5 heteroatoms. The van der Waals surface area contributed by atoms with Gasteiger partial charge in [0, 0.05) is 19.0 Å². The highest BCUT2D eigenvalue weighted by Gasteiger charge is 2.29. The van der Waals surface area contributed by atoms with Crippen LogP contribution in [0.2, 0.25) is 0 Å². The van der Waals surface area contributed by atoms with Crippen LogP contribution in [0.3, 0.4) is 0 Å². The lowest BCUT2D eigenvalue weighted by Crippen LogP contribution is -2.39. The maximum atomic E-state index is 11.4. The van der Waals surface area contributed by atoms with Crippen LogP contribution in [0.4, 0.5) is 0 Å². The van der Waals surface area contributed by atoms with Gasteiger partial charge in [-0.2, -0.15) is 0 Å². The predicted octanol–water partition coefficient (Wildman–Crippen LogP) is -0.244. The second-order valence-electron chi connectivity index (χ2n) is 4.33. The molecule has 1 unspecified atom stereocenters. The maximum Gasteiger partial charge on any atom is 0.239 e. The van der Waals surface area contributed by atoms with Gasteiger partial charge in [0.25, 0.3) is 0 Å². The quantitative estimate of drug-likeness (QED) is 0.561. The van der Waals surface area contributed by atoms with Crippen LogP contribution in [0.15, 0.2) is 0 Å². The first-order valence-electron chi connectivity index (χ1n) is 5.92. The van der Waals surface area contributed by atoms with Gasteiger partial charge in [-0.15, -0.1) is 0 Å². The fourth-order valence-electron chi connectivity index (χ4n) is 1.48. The summed E-state index contributed by atoms with van der Waals surface area (Å²) in [4.78, 5) is 22.6. The summed E-state index contributed by atoms with van der Waals surface area (Å²) in [5, 5.41) is 5.27. The molecule has 1 atom stereocenters. The van der Waals surface area contributed by atoms with Gasteiger partial charge >= 0.3 is 0 Å². The van der Waals surface area contributed by atoms with Crippen LogP contribution in [0.25, 0.3) is 0 Å². The van der Waals surface area contributed by atoms with Crippen LogP contribution < -0.4 is 16.4 Å². The summed E-state index contributed by atoms with van der Waals surface area (Å²) in [5.74, 6) is 0.237. The minimum Gasteiger partial charge on any atom is -0.355 e. The molecule has 0 heterocycles. The molecule has 0 aromatic heterocycles. The molecular weight excluding hydrogens is 206 g/mol. The Hall–Kier alpha value is -1.10. The molecule has 1 saturated carbocycles.